The molecule has 4 heterocycles. The van der Waals surface area contributed by atoms with E-state index < -0.39 is 0 Å². The Morgan fingerprint density at radius 2 is 2.06 bits per heavy atom. The maximum atomic E-state index is 12.5. The second-order valence-electron chi connectivity index (χ2n) is 10.3. The van der Waals surface area contributed by atoms with Crippen LogP contribution in [0.4, 0.5) is 16.4 Å². The fraction of sp³-hybridized carbons (Fsp3) is 0.462. The van der Waals surface area contributed by atoms with Gasteiger partial charge in [-0.05, 0) is 63.8 Å². The fourth-order valence-electron chi connectivity index (χ4n) is 4.58. The highest BCUT2D eigenvalue weighted by atomic mass is 16.5. The van der Waals surface area contributed by atoms with Crippen molar-refractivity contribution in [3.63, 3.8) is 0 Å². The highest BCUT2D eigenvalue weighted by Gasteiger charge is 2.34. The Kier molecular flexibility index (Phi) is 6.19. The number of benzene rings is 1. The molecule has 2 aliphatic heterocycles. The molecule has 1 saturated heterocycles. The Balaban J connectivity index is 1.19. The number of ether oxygens (including phenoxy) is 1. The molecule has 0 saturated carbocycles. The first-order valence-corrected chi connectivity index (χ1v) is 12.2. The highest BCUT2D eigenvalue weighted by Crippen LogP contribution is 2.26. The fourth-order valence-corrected chi connectivity index (χ4v) is 4.58. The summed E-state index contributed by atoms with van der Waals surface area (Å²) in [5.74, 6) is 0.558. The average Bonchev–Trinajstić information content (AvgIpc) is 3.40. The van der Waals surface area contributed by atoms with Crippen molar-refractivity contribution >= 4 is 17.7 Å². The van der Waals surface area contributed by atoms with E-state index in [4.69, 9.17) is 9.72 Å². The van der Waals surface area contributed by atoms with Gasteiger partial charge in [0.25, 0.3) is 0 Å². The molecule has 9 heteroatoms. The molecule has 0 aliphatic carbocycles. The molecule has 0 spiro atoms. The van der Waals surface area contributed by atoms with E-state index in [0.29, 0.717) is 25.6 Å². The number of nitrogens with zero attached hydrogens (tertiary/aromatic N) is 5. The van der Waals surface area contributed by atoms with E-state index >= 15 is 0 Å². The summed E-state index contributed by atoms with van der Waals surface area (Å²) in [4.78, 5) is 23.4. The van der Waals surface area contributed by atoms with Crippen molar-refractivity contribution in [2.24, 2.45) is 0 Å². The molecule has 2 amide bonds. The quantitative estimate of drug-likeness (QED) is 0.558. The van der Waals surface area contributed by atoms with Gasteiger partial charge in [-0.15, -0.1) is 0 Å². The largest absolute Gasteiger partial charge is 0.369 e. The van der Waals surface area contributed by atoms with Gasteiger partial charge in [0, 0.05) is 24.8 Å². The van der Waals surface area contributed by atoms with Crippen LogP contribution in [0.3, 0.4) is 0 Å². The first kappa shape index (κ1) is 23.3. The van der Waals surface area contributed by atoms with Gasteiger partial charge in [0.2, 0.25) is 5.95 Å². The van der Waals surface area contributed by atoms with E-state index in [-0.39, 0.29) is 17.7 Å². The van der Waals surface area contributed by atoms with Crippen molar-refractivity contribution < 1.29 is 9.53 Å². The van der Waals surface area contributed by atoms with Crippen LogP contribution in [0.25, 0.3) is 11.3 Å². The molecule has 0 bridgehead atoms. The lowest BCUT2D eigenvalue weighted by atomic mass is 10.0. The zero-order valence-electron chi connectivity index (χ0n) is 20.8. The lowest BCUT2D eigenvalue weighted by molar-refractivity contribution is -0.111. The Bertz CT molecular complexity index is 1220. The minimum atomic E-state index is -0.188. The summed E-state index contributed by atoms with van der Waals surface area (Å²) >= 11 is 0. The Hall–Kier alpha value is -3.46. The van der Waals surface area contributed by atoms with Crippen LogP contribution in [-0.2, 0) is 24.2 Å². The standard InChI is InChI=1S/C26H33N7O2/c1-17-12-18(7-8-19(17)13-28-25(34)32-15-20(16-32)35-26(2,3)4)21-9-10-27-24(30-21)31-22-14-29-33-11-5-6-23(22)33/h7-10,12,14,20H,5-6,11,13,15-16H2,1-4H3,(H,28,34)(H,27,30,31). The smallest absolute Gasteiger partial charge is 0.317 e. The van der Waals surface area contributed by atoms with Crippen LogP contribution in [0.5, 0.6) is 0 Å². The Morgan fingerprint density at radius 1 is 1.23 bits per heavy atom. The van der Waals surface area contributed by atoms with Crippen LogP contribution < -0.4 is 10.6 Å². The van der Waals surface area contributed by atoms with Crippen molar-refractivity contribution in [3.8, 4) is 11.3 Å². The molecule has 35 heavy (non-hydrogen) atoms. The number of likely N-dealkylation sites (tertiary alicyclic amines) is 1. The number of hydrogen-bond acceptors (Lipinski definition) is 6. The first-order valence-electron chi connectivity index (χ1n) is 12.2. The molecule has 1 aromatic carbocycles. The van der Waals surface area contributed by atoms with Crippen LogP contribution >= 0.6 is 0 Å². The van der Waals surface area contributed by atoms with Gasteiger partial charge in [-0.1, -0.05) is 12.1 Å². The predicted molar refractivity (Wildman–Crippen MR) is 134 cm³/mol. The van der Waals surface area contributed by atoms with E-state index in [1.807, 2.05) is 49.8 Å². The molecule has 9 nitrogen and oxygen atoms in total. The minimum absolute atomic E-state index is 0.0552. The summed E-state index contributed by atoms with van der Waals surface area (Å²) in [6, 6.07) is 8.04. The zero-order chi connectivity index (χ0) is 24.6. The van der Waals surface area contributed by atoms with Gasteiger partial charge in [-0.3, -0.25) is 4.68 Å². The summed E-state index contributed by atoms with van der Waals surface area (Å²) in [5, 5.41) is 10.8. The summed E-state index contributed by atoms with van der Waals surface area (Å²) in [7, 11) is 0. The number of amides is 2. The van der Waals surface area contributed by atoms with Crippen LogP contribution in [0.15, 0.2) is 36.7 Å². The lowest BCUT2D eigenvalue weighted by Crippen LogP contribution is -2.59. The molecule has 2 N–H and O–H groups in total. The van der Waals surface area contributed by atoms with Gasteiger partial charge in [-0.25, -0.2) is 14.8 Å². The number of aryl methyl sites for hydroxylation is 2. The lowest BCUT2D eigenvalue weighted by Gasteiger charge is -2.41. The van der Waals surface area contributed by atoms with E-state index in [0.717, 1.165) is 47.5 Å². The monoisotopic (exact) mass is 475 g/mol. The number of rotatable bonds is 6. The molecule has 184 valence electrons. The second-order valence-corrected chi connectivity index (χ2v) is 10.3. The minimum Gasteiger partial charge on any atom is -0.369 e. The summed E-state index contributed by atoms with van der Waals surface area (Å²) in [6.07, 6.45) is 5.86. The predicted octanol–water partition coefficient (Wildman–Crippen LogP) is 4.05. The third kappa shape index (κ3) is 5.30. The SMILES string of the molecule is Cc1cc(-c2ccnc(Nc3cnn4c3CCC4)n2)ccc1CNC(=O)N1CC(OC(C)(C)C)C1. The summed E-state index contributed by atoms with van der Waals surface area (Å²) in [6.45, 7) is 10.9. The number of carbonyl (C=O) groups is 1. The maximum absolute atomic E-state index is 12.5. The van der Waals surface area contributed by atoms with E-state index in [1.54, 1.807) is 11.1 Å². The zero-order valence-corrected chi connectivity index (χ0v) is 20.8. The maximum Gasteiger partial charge on any atom is 0.317 e. The molecule has 5 rings (SSSR count). The Morgan fingerprint density at radius 3 is 2.83 bits per heavy atom. The molecule has 0 atom stereocenters. The Labute approximate surface area is 205 Å². The summed E-state index contributed by atoms with van der Waals surface area (Å²) < 4.78 is 7.94. The number of nitrogens with one attached hydrogen (secondary N) is 2. The average molecular weight is 476 g/mol. The van der Waals surface area contributed by atoms with Crippen molar-refractivity contribution in [1.29, 1.82) is 0 Å². The molecule has 1 fully saturated rings. The molecular weight excluding hydrogens is 442 g/mol. The van der Waals surface area contributed by atoms with Crippen molar-refractivity contribution in [2.75, 3.05) is 18.4 Å². The molecule has 0 unspecified atom stereocenters. The van der Waals surface area contributed by atoms with Crippen LogP contribution in [-0.4, -0.2) is 55.5 Å². The number of aromatic nitrogens is 4. The van der Waals surface area contributed by atoms with Gasteiger partial charge >= 0.3 is 6.03 Å². The van der Waals surface area contributed by atoms with Gasteiger partial charge < -0.3 is 20.3 Å². The topological polar surface area (TPSA) is 97.2 Å². The number of carbonyl (C=O) groups excluding carboxylic acids is 1. The van der Waals surface area contributed by atoms with Gasteiger partial charge in [0.15, 0.2) is 0 Å². The highest BCUT2D eigenvalue weighted by molar-refractivity contribution is 5.75. The number of hydrogen-bond donors (Lipinski definition) is 2. The van der Waals surface area contributed by atoms with Crippen LogP contribution in [0.1, 0.15) is 44.0 Å². The van der Waals surface area contributed by atoms with E-state index in [9.17, 15) is 4.79 Å². The van der Waals surface area contributed by atoms with Crippen LogP contribution in [0.2, 0.25) is 0 Å². The van der Waals surface area contributed by atoms with Crippen molar-refractivity contribution in [2.45, 2.75) is 65.3 Å². The molecular formula is C26H33N7O2. The van der Waals surface area contributed by atoms with Crippen LogP contribution in [0, 0.1) is 6.92 Å². The first-order chi connectivity index (χ1) is 16.7. The molecule has 0 radical (unpaired) electrons. The number of urea groups is 1. The molecule has 2 aromatic heterocycles. The molecule has 2 aliphatic rings. The normalized spacial score (nSPS) is 15.6. The van der Waals surface area contributed by atoms with Gasteiger partial charge in [-0.2, -0.15) is 5.10 Å². The van der Waals surface area contributed by atoms with Crippen molar-refractivity contribution in [1.82, 2.24) is 30.0 Å². The van der Waals surface area contributed by atoms with E-state index in [2.05, 4.69) is 33.7 Å². The second kappa shape index (κ2) is 9.30. The van der Waals surface area contributed by atoms with Gasteiger partial charge in [0.1, 0.15) is 0 Å². The third-order valence-electron chi connectivity index (χ3n) is 6.36. The number of anilines is 2. The number of fused-ring (bicyclic) bond motifs is 1. The third-order valence-corrected chi connectivity index (χ3v) is 6.36. The van der Waals surface area contributed by atoms with E-state index in [1.165, 1.54) is 5.69 Å². The molecule has 3 aromatic rings. The summed E-state index contributed by atoms with van der Waals surface area (Å²) in [5.41, 5.74) is 6.02. The van der Waals surface area contributed by atoms with Crippen molar-refractivity contribution in [3.05, 3.63) is 53.5 Å². The van der Waals surface area contributed by atoms with Gasteiger partial charge in [0.05, 0.1) is 48.1 Å².